The molecule has 1 atom stereocenters. The maximum Gasteiger partial charge on any atom is 0.351 e. The highest BCUT2D eigenvalue weighted by Gasteiger charge is 2.32. The summed E-state index contributed by atoms with van der Waals surface area (Å²) in [7, 11) is 0. The van der Waals surface area contributed by atoms with Gasteiger partial charge in [-0.3, -0.25) is 0 Å². The van der Waals surface area contributed by atoms with E-state index in [-0.39, 0.29) is 0 Å². The lowest BCUT2D eigenvalue weighted by molar-refractivity contribution is -0.155. The predicted octanol–water partition coefficient (Wildman–Crippen LogP) is -1.57. The van der Waals surface area contributed by atoms with E-state index in [1.807, 2.05) is 0 Å². The molecule has 0 aliphatic heterocycles. The molecule has 0 unspecified atom stereocenters. The fourth-order valence-electron chi connectivity index (χ4n) is 0.175. The molecule has 0 aromatic rings. The van der Waals surface area contributed by atoms with Gasteiger partial charge in [0.25, 0.3) is 0 Å². The van der Waals surface area contributed by atoms with Gasteiger partial charge < -0.3 is 15.3 Å². The zero-order chi connectivity index (χ0) is 7.49. The van der Waals surface area contributed by atoms with Gasteiger partial charge in [0.1, 0.15) is 0 Å². The van der Waals surface area contributed by atoms with Gasteiger partial charge in [0.05, 0.1) is 6.61 Å². The molecule has 4 nitrogen and oxygen atoms in total. The first kappa shape index (κ1) is 7.95. The SMILES string of the molecule is C#C[C@@](O)(CO)C(=O)O. The molecule has 0 amide bonds. The molecule has 50 valence electrons. The number of aliphatic hydroxyl groups is 2. The van der Waals surface area contributed by atoms with E-state index in [0.29, 0.717) is 0 Å². The molecule has 0 radical (unpaired) electrons. The summed E-state index contributed by atoms with van der Waals surface area (Å²) in [6, 6.07) is 0. The van der Waals surface area contributed by atoms with Crippen molar-refractivity contribution in [3.05, 3.63) is 0 Å². The summed E-state index contributed by atoms with van der Waals surface area (Å²) >= 11 is 0. The molecule has 0 bridgehead atoms. The Morgan fingerprint density at radius 1 is 1.78 bits per heavy atom. The zero-order valence-electron chi connectivity index (χ0n) is 4.53. The van der Waals surface area contributed by atoms with Crippen molar-refractivity contribution in [2.24, 2.45) is 0 Å². The summed E-state index contributed by atoms with van der Waals surface area (Å²) in [6.07, 6.45) is 4.58. The molecule has 0 aliphatic rings. The minimum atomic E-state index is -2.42. The highest BCUT2D eigenvalue weighted by atomic mass is 16.4. The van der Waals surface area contributed by atoms with Crippen LogP contribution in [-0.2, 0) is 4.79 Å². The number of terminal acetylenes is 1. The highest BCUT2D eigenvalue weighted by Crippen LogP contribution is 1.99. The zero-order valence-corrected chi connectivity index (χ0v) is 4.53. The summed E-state index contributed by atoms with van der Waals surface area (Å²) in [5, 5.41) is 24.9. The van der Waals surface area contributed by atoms with Gasteiger partial charge in [-0.05, 0) is 0 Å². The summed E-state index contributed by atoms with van der Waals surface area (Å²) in [4.78, 5) is 9.93. The van der Waals surface area contributed by atoms with E-state index in [4.69, 9.17) is 15.3 Å². The van der Waals surface area contributed by atoms with E-state index in [1.54, 1.807) is 0 Å². The molecular formula is C5H6O4. The number of hydrogen-bond donors (Lipinski definition) is 3. The Hall–Kier alpha value is -1.05. The molecule has 3 N–H and O–H groups in total. The van der Waals surface area contributed by atoms with E-state index in [0.717, 1.165) is 0 Å². The first-order chi connectivity index (χ1) is 4.06. The number of aliphatic hydroxyl groups excluding tert-OH is 1. The molecular weight excluding hydrogens is 124 g/mol. The van der Waals surface area contributed by atoms with Crippen LogP contribution in [0.15, 0.2) is 0 Å². The monoisotopic (exact) mass is 130 g/mol. The largest absolute Gasteiger partial charge is 0.478 e. The minimum absolute atomic E-state index is 0.973. The van der Waals surface area contributed by atoms with Gasteiger partial charge in [-0.2, -0.15) is 0 Å². The maximum atomic E-state index is 9.93. The van der Waals surface area contributed by atoms with E-state index in [9.17, 15) is 4.79 Å². The van der Waals surface area contributed by atoms with Crippen LogP contribution >= 0.6 is 0 Å². The Morgan fingerprint density at radius 3 is 2.22 bits per heavy atom. The second-order valence-corrected chi connectivity index (χ2v) is 1.47. The topological polar surface area (TPSA) is 77.8 Å². The average Bonchev–Trinajstić information content (AvgIpc) is 1.86. The minimum Gasteiger partial charge on any atom is -0.478 e. The van der Waals surface area contributed by atoms with Gasteiger partial charge in [-0.25, -0.2) is 4.79 Å². The third kappa shape index (κ3) is 1.42. The molecule has 4 heteroatoms. The number of rotatable bonds is 2. The summed E-state index contributed by atoms with van der Waals surface area (Å²) in [5.74, 6) is -0.0845. The first-order valence-electron chi connectivity index (χ1n) is 2.11. The van der Waals surface area contributed by atoms with Crippen LogP contribution in [-0.4, -0.2) is 33.5 Å². The Morgan fingerprint density at radius 2 is 2.22 bits per heavy atom. The molecule has 0 rings (SSSR count). The van der Waals surface area contributed by atoms with Gasteiger partial charge in [0.15, 0.2) is 0 Å². The number of hydrogen-bond acceptors (Lipinski definition) is 3. The normalized spacial score (nSPS) is 15.7. The van der Waals surface area contributed by atoms with Crippen molar-refractivity contribution >= 4 is 5.97 Å². The van der Waals surface area contributed by atoms with Crippen LogP contribution in [0, 0.1) is 12.3 Å². The Balaban J connectivity index is 4.33. The quantitative estimate of drug-likeness (QED) is 0.394. The van der Waals surface area contributed by atoms with Crippen LogP contribution in [0.4, 0.5) is 0 Å². The molecule has 9 heavy (non-hydrogen) atoms. The third-order valence-corrected chi connectivity index (χ3v) is 0.821. The van der Waals surface area contributed by atoms with Gasteiger partial charge >= 0.3 is 5.97 Å². The van der Waals surface area contributed by atoms with Gasteiger partial charge in [0.2, 0.25) is 5.60 Å². The number of aliphatic carboxylic acids is 1. The number of carboxylic acid groups (broad SMARTS) is 1. The first-order valence-corrected chi connectivity index (χ1v) is 2.11. The lowest BCUT2D eigenvalue weighted by Gasteiger charge is -2.11. The highest BCUT2D eigenvalue weighted by molar-refractivity contribution is 5.81. The van der Waals surface area contributed by atoms with E-state index < -0.39 is 18.2 Å². The summed E-state index contributed by atoms with van der Waals surface area (Å²) < 4.78 is 0. The van der Waals surface area contributed by atoms with Crippen LogP contribution in [0.1, 0.15) is 0 Å². The standard InChI is InChI=1S/C5H6O4/c1-2-5(9,3-6)4(7)8/h1,6,9H,3H2,(H,7,8)/t5-/m1/s1. The Bertz CT molecular complexity index is 157. The van der Waals surface area contributed by atoms with Crippen LogP contribution in [0.5, 0.6) is 0 Å². The molecule has 0 saturated heterocycles. The summed E-state index contributed by atoms with van der Waals surface area (Å²) in [5.41, 5.74) is -2.42. The lowest BCUT2D eigenvalue weighted by atomic mass is 10.1. The number of carboxylic acids is 1. The molecule has 0 saturated carbocycles. The van der Waals surface area contributed by atoms with Gasteiger partial charge in [-0.1, -0.05) is 5.92 Å². The smallest absolute Gasteiger partial charge is 0.351 e. The van der Waals surface area contributed by atoms with Crippen molar-refractivity contribution < 1.29 is 20.1 Å². The molecule has 0 fully saturated rings. The van der Waals surface area contributed by atoms with Crippen molar-refractivity contribution in [2.45, 2.75) is 5.60 Å². The molecule has 0 aromatic heterocycles. The van der Waals surface area contributed by atoms with Gasteiger partial charge in [-0.15, -0.1) is 6.42 Å². The second-order valence-electron chi connectivity index (χ2n) is 1.47. The fourth-order valence-corrected chi connectivity index (χ4v) is 0.175. The van der Waals surface area contributed by atoms with Crippen molar-refractivity contribution in [3.63, 3.8) is 0 Å². The van der Waals surface area contributed by atoms with Crippen molar-refractivity contribution in [2.75, 3.05) is 6.61 Å². The van der Waals surface area contributed by atoms with Crippen LogP contribution in [0.2, 0.25) is 0 Å². The molecule has 0 aliphatic carbocycles. The second kappa shape index (κ2) is 2.49. The Kier molecular flexibility index (Phi) is 2.20. The summed E-state index contributed by atoms with van der Waals surface area (Å²) in [6.45, 7) is -0.973. The predicted molar refractivity (Wildman–Crippen MR) is 28.5 cm³/mol. The number of carbonyl (C=O) groups is 1. The van der Waals surface area contributed by atoms with E-state index in [1.165, 1.54) is 5.92 Å². The Labute approximate surface area is 51.7 Å². The average molecular weight is 130 g/mol. The van der Waals surface area contributed by atoms with Crippen LogP contribution < -0.4 is 0 Å². The van der Waals surface area contributed by atoms with E-state index >= 15 is 0 Å². The van der Waals surface area contributed by atoms with Crippen LogP contribution in [0.3, 0.4) is 0 Å². The van der Waals surface area contributed by atoms with Crippen LogP contribution in [0.25, 0.3) is 0 Å². The molecule has 0 aromatic carbocycles. The maximum absolute atomic E-state index is 9.93. The third-order valence-electron chi connectivity index (χ3n) is 0.821. The molecule has 0 spiro atoms. The van der Waals surface area contributed by atoms with Crippen molar-refractivity contribution in [1.29, 1.82) is 0 Å². The van der Waals surface area contributed by atoms with Gasteiger partial charge in [0, 0.05) is 0 Å². The van der Waals surface area contributed by atoms with Crippen molar-refractivity contribution in [3.8, 4) is 12.3 Å². The van der Waals surface area contributed by atoms with Crippen molar-refractivity contribution in [1.82, 2.24) is 0 Å². The fraction of sp³-hybridized carbons (Fsp3) is 0.400. The lowest BCUT2D eigenvalue weighted by Crippen LogP contribution is -2.40. The van der Waals surface area contributed by atoms with E-state index in [2.05, 4.69) is 6.42 Å². The molecule has 0 heterocycles.